The van der Waals surface area contributed by atoms with E-state index in [1.54, 1.807) is 6.07 Å². The summed E-state index contributed by atoms with van der Waals surface area (Å²) < 4.78 is 53.3. The van der Waals surface area contributed by atoms with Crippen LogP contribution in [0.3, 0.4) is 0 Å². The number of nitrogens with zero attached hydrogens (tertiary/aromatic N) is 2. The number of aliphatic carboxylic acids is 1. The van der Waals surface area contributed by atoms with Gasteiger partial charge in [0.2, 0.25) is 0 Å². The molecule has 0 aliphatic rings. The first-order valence-electron chi connectivity index (χ1n) is 5.91. The number of benzene rings is 1. The molecule has 0 fully saturated rings. The Labute approximate surface area is 121 Å². The zero-order valence-electron chi connectivity index (χ0n) is 10.9. The number of hydrogen-bond donors (Lipinski definition) is 1. The Balaban J connectivity index is 2.60. The van der Waals surface area contributed by atoms with E-state index in [1.807, 2.05) is 0 Å². The van der Waals surface area contributed by atoms with Gasteiger partial charge in [-0.15, -0.1) is 0 Å². The van der Waals surface area contributed by atoms with Crippen LogP contribution in [0.2, 0.25) is 0 Å². The van der Waals surface area contributed by atoms with Gasteiger partial charge in [-0.1, -0.05) is 12.1 Å². The first-order valence-corrected chi connectivity index (χ1v) is 5.91. The third-order valence-electron chi connectivity index (χ3n) is 2.91. The van der Waals surface area contributed by atoms with Crippen LogP contribution in [0.15, 0.2) is 30.6 Å². The van der Waals surface area contributed by atoms with Gasteiger partial charge in [0.05, 0.1) is 11.1 Å². The van der Waals surface area contributed by atoms with Crippen molar-refractivity contribution in [2.45, 2.75) is 12.7 Å². The Hall–Kier alpha value is -2.82. The molecule has 0 atom stereocenters. The maximum Gasteiger partial charge on any atom is 0.419 e. The second-order valence-corrected chi connectivity index (χ2v) is 4.43. The second kappa shape index (κ2) is 5.52. The van der Waals surface area contributed by atoms with E-state index >= 15 is 0 Å². The highest BCUT2D eigenvalue weighted by atomic mass is 19.4. The van der Waals surface area contributed by atoms with Crippen LogP contribution >= 0.6 is 0 Å². The predicted octanol–water partition coefficient (Wildman–Crippen LogP) is 3.27. The summed E-state index contributed by atoms with van der Waals surface area (Å²) in [6.07, 6.45) is -2.59. The SMILES string of the molecule is N#Cc1cn(CC(=O)O)cc1-c1cccc(C(F)(F)F)c1F. The highest BCUT2D eigenvalue weighted by molar-refractivity contribution is 5.73. The molecule has 22 heavy (non-hydrogen) atoms. The normalized spacial score (nSPS) is 11.2. The summed E-state index contributed by atoms with van der Waals surface area (Å²) >= 11 is 0. The van der Waals surface area contributed by atoms with Gasteiger partial charge in [-0.25, -0.2) is 4.39 Å². The predicted molar refractivity (Wildman–Crippen MR) is 67.2 cm³/mol. The van der Waals surface area contributed by atoms with E-state index in [4.69, 9.17) is 10.4 Å². The lowest BCUT2D eigenvalue weighted by molar-refractivity contribution is -0.140. The van der Waals surface area contributed by atoms with Gasteiger partial charge in [0.25, 0.3) is 0 Å². The lowest BCUT2D eigenvalue weighted by Crippen LogP contribution is -2.08. The number of carbonyl (C=O) groups is 1. The largest absolute Gasteiger partial charge is 0.480 e. The van der Waals surface area contributed by atoms with Gasteiger partial charge >= 0.3 is 12.1 Å². The zero-order chi connectivity index (χ0) is 16.5. The van der Waals surface area contributed by atoms with Gasteiger partial charge in [-0.2, -0.15) is 18.4 Å². The van der Waals surface area contributed by atoms with Crippen molar-refractivity contribution in [2.75, 3.05) is 0 Å². The molecule has 0 saturated carbocycles. The molecule has 4 nitrogen and oxygen atoms in total. The molecule has 0 saturated heterocycles. The first kappa shape index (κ1) is 15.6. The molecule has 114 valence electrons. The molecule has 1 aromatic heterocycles. The average Bonchev–Trinajstić information content (AvgIpc) is 2.79. The summed E-state index contributed by atoms with van der Waals surface area (Å²) in [5, 5.41) is 17.7. The van der Waals surface area contributed by atoms with Crippen LogP contribution in [0.5, 0.6) is 0 Å². The standard InChI is InChI=1S/C14H8F4N2O2/c15-13-9(2-1-3-11(13)14(16,17)18)10-6-20(7-12(21)22)5-8(10)4-19/h1-3,5-6H,7H2,(H,21,22). The van der Waals surface area contributed by atoms with Gasteiger partial charge in [-0.3, -0.25) is 4.79 Å². The summed E-state index contributed by atoms with van der Waals surface area (Å²) in [5.74, 6) is -2.70. The van der Waals surface area contributed by atoms with Gasteiger partial charge in [0, 0.05) is 23.5 Å². The molecule has 0 spiro atoms. The van der Waals surface area contributed by atoms with Crippen molar-refractivity contribution in [3.05, 3.63) is 47.5 Å². The van der Waals surface area contributed by atoms with Crippen LogP contribution in [0, 0.1) is 17.1 Å². The van der Waals surface area contributed by atoms with Crippen molar-refractivity contribution in [1.82, 2.24) is 4.57 Å². The lowest BCUT2D eigenvalue weighted by Gasteiger charge is -2.10. The van der Waals surface area contributed by atoms with Gasteiger partial charge < -0.3 is 9.67 Å². The Morgan fingerprint density at radius 3 is 2.50 bits per heavy atom. The highest BCUT2D eigenvalue weighted by Gasteiger charge is 2.35. The van der Waals surface area contributed by atoms with Crippen LogP contribution < -0.4 is 0 Å². The number of alkyl halides is 3. The summed E-state index contributed by atoms with van der Waals surface area (Å²) in [4.78, 5) is 10.6. The minimum absolute atomic E-state index is 0.0904. The molecule has 0 unspecified atom stereocenters. The molecule has 8 heteroatoms. The van der Waals surface area contributed by atoms with Gasteiger partial charge in [-0.05, 0) is 6.07 Å². The molecule has 2 aromatic rings. The fourth-order valence-electron chi connectivity index (χ4n) is 2.02. The number of aromatic nitrogens is 1. The quantitative estimate of drug-likeness (QED) is 0.885. The molecule has 0 aliphatic carbocycles. The molecule has 1 heterocycles. The van der Waals surface area contributed by atoms with Crippen molar-refractivity contribution < 1.29 is 27.5 Å². The zero-order valence-corrected chi connectivity index (χ0v) is 10.9. The van der Waals surface area contributed by atoms with Crippen molar-refractivity contribution in [3.63, 3.8) is 0 Å². The van der Waals surface area contributed by atoms with Crippen molar-refractivity contribution in [3.8, 4) is 17.2 Å². The topological polar surface area (TPSA) is 66.0 Å². The second-order valence-electron chi connectivity index (χ2n) is 4.43. The first-order chi connectivity index (χ1) is 10.2. The maximum absolute atomic E-state index is 14.1. The van der Waals surface area contributed by atoms with E-state index in [0.29, 0.717) is 6.07 Å². The number of rotatable bonds is 3. The van der Waals surface area contributed by atoms with Crippen LogP contribution in [0.1, 0.15) is 11.1 Å². The summed E-state index contributed by atoms with van der Waals surface area (Å²) in [6, 6.07) is 4.44. The molecule has 1 N–H and O–H groups in total. The van der Waals surface area contributed by atoms with Crippen molar-refractivity contribution in [2.24, 2.45) is 0 Å². The van der Waals surface area contributed by atoms with Gasteiger partial charge in [0.1, 0.15) is 18.4 Å². The summed E-state index contributed by atoms with van der Waals surface area (Å²) in [6.45, 7) is -0.491. The number of carboxylic acid groups (broad SMARTS) is 1. The van der Waals surface area contributed by atoms with E-state index in [2.05, 4.69) is 0 Å². The number of carboxylic acids is 1. The third-order valence-corrected chi connectivity index (χ3v) is 2.91. The smallest absolute Gasteiger partial charge is 0.419 e. The molecule has 0 aliphatic heterocycles. The van der Waals surface area contributed by atoms with E-state index in [9.17, 15) is 22.4 Å². The molecular formula is C14H8F4N2O2. The number of nitriles is 1. The fraction of sp³-hybridized carbons (Fsp3) is 0.143. The van der Waals surface area contributed by atoms with Gasteiger partial charge in [0.15, 0.2) is 0 Å². The maximum atomic E-state index is 14.1. The number of hydrogen-bond acceptors (Lipinski definition) is 2. The molecule has 0 bridgehead atoms. The van der Waals surface area contributed by atoms with Crippen molar-refractivity contribution >= 4 is 5.97 Å². The average molecular weight is 312 g/mol. The highest BCUT2D eigenvalue weighted by Crippen LogP contribution is 2.36. The third kappa shape index (κ3) is 2.93. The minimum atomic E-state index is -4.86. The van der Waals surface area contributed by atoms with Crippen LogP contribution in [-0.2, 0) is 17.5 Å². The summed E-state index contributed by atoms with van der Waals surface area (Å²) in [5.41, 5.74) is -2.05. The van der Waals surface area contributed by atoms with Crippen LogP contribution in [0.4, 0.5) is 17.6 Å². The van der Waals surface area contributed by atoms with Crippen molar-refractivity contribution in [1.29, 1.82) is 5.26 Å². The Kier molecular flexibility index (Phi) is 3.91. The Morgan fingerprint density at radius 2 is 1.95 bits per heavy atom. The monoisotopic (exact) mass is 312 g/mol. The number of halogens is 4. The Bertz CT molecular complexity index is 772. The van der Waals surface area contributed by atoms with E-state index in [1.165, 1.54) is 0 Å². The van der Waals surface area contributed by atoms with E-state index in [0.717, 1.165) is 29.1 Å². The molecule has 2 rings (SSSR count). The molecule has 0 amide bonds. The van der Waals surface area contributed by atoms with Crippen LogP contribution in [-0.4, -0.2) is 15.6 Å². The minimum Gasteiger partial charge on any atom is -0.480 e. The fourth-order valence-corrected chi connectivity index (χ4v) is 2.02. The molecule has 1 aromatic carbocycles. The molecular weight excluding hydrogens is 304 g/mol. The molecule has 0 radical (unpaired) electrons. The van der Waals surface area contributed by atoms with E-state index in [-0.39, 0.29) is 11.1 Å². The van der Waals surface area contributed by atoms with Crippen LogP contribution in [0.25, 0.3) is 11.1 Å². The van der Waals surface area contributed by atoms with E-state index < -0.39 is 35.6 Å². The Morgan fingerprint density at radius 1 is 1.27 bits per heavy atom. The summed E-state index contributed by atoms with van der Waals surface area (Å²) in [7, 11) is 0. The lowest BCUT2D eigenvalue weighted by atomic mass is 10.0.